The zero-order valence-electron chi connectivity index (χ0n) is 17.3. The molecule has 3 aromatic rings. The van der Waals surface area contributed by atoms with Crippen molar-refractivity contribution in [2.45, 2.75) is 38.3 Å². The van der Waals surface area contributed by atoms with Crippen molar-refractivity contribution in [3.8, 4) is 5.88 Å². The molecule has 3 aromatic heterocycles. The number of hydrogen-bond donors (Lipinski definition) is 2. The molecule has 3 heterocycles. The first kappa shape index (κ1) is 24.6. The van der Waals surface area contributed by atoms with Gasteiger partial charge in [-0.25, -0.2) is 13.8 Å². The topological polar surface area (TPSA) is 102 Å². The second-order valence-corrected chi connectivity index (χ2v) is 7.73. The Morgan fingerprint density at radius 2 is 2.12 bits per heavy atom. The van der Waals surface area contributed by atoms with Crippen molar-refractivity contribution in [2.24, 2.45) is 0 Å². The summed E-state index contributed by atoms with van der Waals surface area (Å²) in [5, 5.41) is 16.7. The first-order chi connectivity index (χ1) is 15.6. The summed E-state index contributed by atoms with van der Waals surface area (Å²) >= 11 is 6.00. The van der Waals surface area contributed by atoms with Crippen LogP contribution in [0.1, 0.15) is 18.2 Å². The van der Waals surface area contributed by atoms with Gasteiger partial charge in [-0.15, -0.1) is 0 Å². The molecule has 0 aliphatic heterocycles. The molecule has 1 amide bonds. The standard InChI is InChI=1S/C20H20ClF4N5O3/c1-11(9-31)28-17(32)5-16-13-8-30(29-15(13)2-3-26-16)7-12-4-14(21)18(27-6-12)33-10-20(24,25)19(22)23/h2-4,6,8,11,19,31H,5,7,9-10H2,1H3,(H,28,32)/t11-/m0/s1. The van der Waals surface area contributed by atoms with Crippen molar-refractivity contribution >= 4 is 28.4 Å². The van der Waals surface area contributed by atoms with Crippen molar-refractivity contribution < 1.29 is 32.2 Å². The van der Waals surface area contributed by atoms with Crippen LogP contribution in [0.5, 0.6) is 5.88 Å². The number of amides is 1. The normalized spacial score (nSPS) is 12.8. The van der Waals surface area contributed by atoms with E-state index in [1.54, 1.807) is 23.9 Å². The minimum Gasteiger partial charge on any atom is -0.470 e. The number of fused-ring (bicyclic) bond motifs is 1. The molecule has 0 aliphatic carbocycles. The third-order valence-electron chi connectivity index (χ3n) is 4.50. The molecular formula is C20H20ClF4N5O3. The van der Waals surface area contributed by atoms with Gasteiger partial charge in [-0.3, -0.25) is 14.5 Å². The maximum absolute atomic E-state index is 13.0. The number of hydrogen-bond acceptors (Lipinski definition) is 6. The highest BCUT2D eigenvalue weighted by molar-refractivity contribution is 6.31. The van der Waals surface area contributed by atoms with Gasteiger partial charge >= 0.3 is 12.3 Å². The van der Waals surface area contributed by atoms with Gasteiger partial charge in [-0.05, 0) is 24.6 Å². The van der Waals surface area contributed by atoms with Crippen LogP contribution >= 0.6 is 11.6 Å². The van der Waals surface area contributed by atoms with Gasteiger partial charge in [0, 0.05) is 30.0 Å². The molecule has 0 spiro atoms. The highest BCUT2D eigenvalue weighted by Crippen LogP contribution is 2.28. The maximum atomic E-state index is 13.0. The van der Waals surface area contributed by atoms with Crippen LogP contribution in [0, 0.1) is 0 Å². The number of rotatable bonds is 10. The molecular weight excluding hydrogens is 470 g/mol. The van der Waals surface area contributed by atoms with Crippen molar-refractivity contribution in [1.29, 1.82) is 0 Å². The number of halogens is 5. The smallest absolute Gasteiger partial charge is 0.340 e. The van der Waals surface area contributed by atoms with Crippen molar-refractivity contribution in [3.63, 3.8) is 0 Å². The monoisotopic (exact) mass is 489 g/mol. The van der Waals surface area contributed by atoms with Crippen LogP contribution in [0.15, 0.2) is 30.7 Å². The molecule has 0 radical (unpaired) electrons. The van der Waals surface area contributed by atoms with Gasteiger partial charge < -0.3 is 15.2 Å². The molecule has 8 nitrogen and oxygen atoms in total. The average molecular weight is 490 g/mol. The number of alkyl halides is 4. The molecule has 33 heavy (non-hydrogen) atoms. The zero-order chi connectivity index (χ0) is 24.2. The lowest BCUT2D eigenvalue weighted by Crippen LogP contribution is -2.36. The predicted molar refractivity (Wildman–Crippen MR) is 111 cm³/mol. The molecule has 0 fully saturated rings. The van der Waals surface area contributed by atoms with Crippen LogP contribution < -0.4 is 10.1 Å². The summed E-state index contributed by atoms with van der Waals surface area (Å²) in [6.07, 6.45) is 0.639. The van der Waals surface area contributed by atoms with Crippen LogP contribution in [0.4, 0.5) is 17.6 Å². The van der Waals surface area contributed by atoms with Crippen LogP contribution in [-0.2, 0) is 17.8 Å². The van der Waals surface area contributed by atoms with Crippen LogP contribution in [0.3, 0.4) is 0 Å². The maximum Gasteiger partial charge on any atom is 0.340 e. The molecule has 0 bridgehead atoms. The van der Waals surface area contributed by atoms with Gasteiger partial charge in [-0.2, -0.15) is 13.9 Å². The van der Waals surface area contributed by atoms with Gasteiger partial charge in [0.25, 0.3) is 0 Å². The van der Waals surface area contributed by atoms with Crippen molar-refractivity contribution in [3.05, 3.63) is 47.0 Å². The highest BCUT2D eigenvalue weighted by atomic mass is 35.5. The van der Waals surface area contributed by atoms with E-state index >= 15 is 0 Å². The molecule has 13 heteroatoms. The first-order valence-electron chi connectivity index (χ1n) is 9.73. The minimum atomic E-state index is -4.32. The number of nitrogens with zero attached hydrogens (tertiary/aromatic N) is 4. The number of aliphatic hydroxyl groups is 1. The quantitative estimate of drug-likeness (QED) is 0.425. The van der Waals surface area contributed by atoms with E-state index in [-0.39, 0.29) is 42.4 Å². The third kappa shape index (κ3) is 6.29. The van der Waals surface area contributed by atoms with E-state index in [1.165, 1.54) is 18.5 Å². The molecule has 0 saturated carbocycles. The Balaban J connectivity index is 1.72. The van der Waals surface area contributed by atoms with Gasteiger partial charge in [0.05, 0.1) is 30.8 Å². The van der Waals surface area contributed by atoms with E-state index < -0.39 is 19.0 Å². The van der Waals surface area contributed by atoms with Crippen molar-refractivity contribution in [1.82, 2.24) is 25.1 Å². The molecule has 3 rings (SSSR count). The third-order valence-corrected chi connectivity index (χ3v) is 4.77. The second-order valence-electron chi connectivity index (χ2n) is 7.33. The summed E-state index contributed by atoms with van der Waals surface area (Å²) in [6, 6.07) is 2.69. The summed E-state index contributed by atoms with van der Waals surface area (Å²) in [5.74, 6) is -5.01. The number of nitrogens with one attached hydrogen (secondary N) is 1. The summed E-state index contributed by atoms with van der Waals surface area (Å²) in [4.78, 5) is 20.2. The number of carbonyl (C=O) groups is 1. The van der Waals surface area contributed by atoms with Gasteiger partial charge in [0.1, 0.15) is 5.02 Å². The fourth-order valence-corrected chi connectivity index (χ4v) is 3.11. The Morgan fingerprint density at radius 3 is 2.79 bits per heavy atom. The lowest BCUT2D eigenvalue weighted by atomic mass is 10.2. The van der Waals surface area contributed by atoms with E-state index in [1.807, 2.05) is 0 Å². The van der Waals surface area contributed by atoms with Crippen molar-refractivity contribution in [2.75, 3.05) is 13.2 Å². The summed E-state index contributed by atoms with van der Waals surface area (Å²) in [5.41, 5.74) is 1.64. The molecule has 2 N–H and O–H groups in total. The Bertz CT molecular complexity index is 1130. The van der Waals surface area contributed by atoms with Crippen LogP contribution in [0.2, 0.25) is 5.02 Å². The van der Waals surface area contributed by atoms with Gasteiger partial charge in [-0.1, -0.05) is 11.6 Å². The number of carbonyl (C=O) groups excluding carboxylic acids is 1. The largest absolute Gasteiger partial charge is 0.470 e. The average Bonchev–Trinajstić information content (AvgIpc) is 3.16. The molecule has 0 unspecified atom stereocenters. The summed E-state index contributed by atoms with van der Waals surface area (Å²) in [6.45, 7) is 0.129. The fraction of sp³-hybridized carbons (Fsp3) is 0.400. The molecule has 178 valence electrons. The van der Waals surface area contributed by atoms with Crippen LogP contribution in [-0.4, -0.2) is 62.4 Å². The number of ether oxygens (including phenoxy) is 1. The minimum absolute atomic E-state index is 0.00392. The lowest BCUT2D eigenvalue weighted by molar-refractivity contribution is -0.148. The number of aromatic nitrogens is 4. The van der Waals surface area contributed by atoms with E-state index in [2.05, 4.69) is 25.1 Å². The molecule has 0 aromatic carbocycles. The van der Waals surface area contributed by atoms with E-state index in [9.17, 15) is 22.4 Å². The van der Waals surface area contributed by atoms with Gasteiger partial charge in [0.15, 0.2) is 6.61 Å². The number of aliphatic hydroxyl groups excluding tert-OH is 1. The summed E-state index contributed by atoms with van der Waals surface area (Å²) in [7, 11) is 0. The highest BCUT2D eigenvalue weighted by Gasteiger charge is 2.42. The Hall–Kier alpha value is -2.99. The van der Waals surface area contributed by atoms with E-state index in [0.717, 1.165) is 0 Å². The Kier molecular flexibility index (Phi) is 7.69. The summed E-state index contributed by atoms with van der Waals surface area (Å²) < 4.78 is 56.8. The number of pyridine rings is 2. The zero-order valence-corrected chi connectivity index (χ0v) is 18.1. The molecule has 1 atom stereocenters. The second kappa shape index (κ2) is 10.3. The molecule has 0 saturated heterocycles. The van der Waals surface area contributed by atoms with Crippen LogP contribution in [0.25, 0.3) is 10.9 Å². The SMILES string of the molecule is C[C@@H](CO)NC(=O)Cc1nccc2nn(Cc3cnc(OCC(F)(F)C(F)F)c(Cl)c3)cc12. The molecule has 0 aliphatic rings. The fourth-order valence-electron chi connectivity index (χ4n) is 2.87. The van der Waals surface area contributed by atoms with E-state index in [0.29, 0.717) is 22.2 Å². The first-order valence-corrected chi connectivity index (χ1v) is 10.1. The predicted octanol–water partition coefficient (Wildman–Crippen LogP) is 2.85. The Morgan fingerprint density at radius 1 is 1.36 bits per heavy atom. The lowest BCUT2D eigenvalue weighted by Gasteiger charge is -2.16. The van der Waals surface area contributed by atoms with Gasteiger partial charge in [0.2, 0.25) is 11.8 Å². The Labute approximate surface area is 190 Å². The van der Waals surface area contributed by atoms with E-state index in [4.69, 9.17) is 16.7 Å².